The Morgan fingerprint density at radius 3 is 2.53 bits per heavy atom. The van der Waals surface area contributed by atoms with Crippen LogP contribution in [0.2, 0.25) is 0 Å². The summed E-state index contributed by atoms with van der Waals surface area (Å²) < 4.78 is 5.46. The highest BCUT2D eigenvalue weighted by molar-refractivity contribution is 5.73. The Kier molecular flexibility index (Phi) is 2.76. The summed E-state index contributed by atoms with van der Waals surface area (Å²) in [6, 6.07) is 9.97. The maximum atomic E-state index is 11.5. The highest BCUT2D eigenvalue weighted by Crippen LogP contribution is 2.35. The van der Waals surface area contributed by atoms with Gasteiger partial charge in [0.25, 0.3) is 0 Å². The lowest BCUT2D eigenvalue weighted by molar-refractivity contribution is -0.164. The molecule has 0 radical (unpaired) electrons. The molecule has 2 rings (SSSR count). The third kappa shape index (κ3) is 2.04. The molecule has 15 heavy (non-hydrogen) atoms. The number of rotatable bonds is 1. The Morgan fingerprint density at radius 2 is 1.87 bits per heavy atom. The van der Waals surface area contributed by atoms with Gasteiger partial charge in [0.15, 0.2) is 0 Å². The lowest BCUT2D eigenvalue weighted by atomic mass is 9.86. The number of carbonyl (C=O) groups excluding carboxylic acids is 1. The van der Waals surface area contributed by atoms with Gasteiger partial charge in [-0.15, -0.1) is 0 Å². The van der Waals surface area contributed by atoms with E-state index >= 15 is 0 Å². The second-order valence-electron chi connectivity index (χ2n) is 4.38. The van der Waals surface area contributed by atoms with Crippen molar-refractivity contribution in [1.82, 2.24) is 0 Å². The second kappa shape index (κ2) is 4.05. The summed E-state index contributed by atoms with van der Waals surface area (Å²) in [6.45, 7) is 4.07. The van der Waals surface area contributed by atoms with Crippen LogP contribution in [0.4, 0.5) is 0 Å². The van der Waals surface area contributed by atoms with E-state index in [2.05, 4.69) is 6.92 Å². The van der Waals surface area contributed by atoms with Crippen LogP contribution < -0.4 is 0 Å². The van der Waals surface area contributed by atoms with Crippen molar-refractivity contribution in [1.29, 1.82) is 0 Å². The van der Waals surface area contributed by atoms with Gasteiger partial charge in [0.2, 0.25) is 0 Å². The molecule has 1 aromatic carbocycles. The van der Waals surface area contributed by atoms with Crippen molar-refractivity contribution in [3.05, 3.63) is 35.9 Å². The van der Waals surface area contributed by atoms with E-state index in [1.54, 1.807) is 0 Å². The first kappa shape index (κ1) is 10.2. The van der Waals surface area contributed by atoms with E-state index in [-0.39, 0.29) is 18.0 Å². The van der Waals surface area contributed by atoms with E-state index in [1.165, 1.54) is 0 Å². The zero-order chi connectivity index (χ0) is 10.8. The van der Waals surface area contributed by atoms with Gasteiger partial charge in [0.05, 0.1) is 5.92 Å². The normalized spacial score (nSPS) is 31.1. The summed E-state index contributed by atoms with van der Waals surface area (Å²) in [4.78, 5) is 11.5. The first-order valence-electron chi connectivity index (χ1n) is 5.44. The van der Waals surface area contributed by atoms with Gasteiger partial charge in [0.1, 0.15) is 6.10 Å². The Labute approximate surface area is 90.3 Å². The first-order valence-corrected chi connectivity index (χ1v) is 5.44. The fraction of sp³-hybridized carbons (Fsp3) is 0.462. The van der Waals surface area contributed by atoms with Crippen molar-refractivity contribution in [2.75, 3.05) is 0 Å². The van der Waals surface area contributed by atoms with Crippen molar-refractivity contribution in [2.24, 2.45) is 11.8 Å². The third-order valence-corrected chi connectivity index (χ3v) is 3.02. The van der Waals surface area contributed by atoms with E-state index < -0.39 is 0 Å². The minimum Gasteiger partial charge on any atom is -0.457 e. The number of ether oxygens (including phenoxy) is 1. The molecule has 1 aromatic rings. The van der Waals surface area contributed by atoms with E-state index in [9.17, 15) is 4.79 Å². The summed E-state index contributed by atoms with van der Waals surface area (Å²) >= 11 is 0. The van der Waals surface area contributed by atoms with Crippen LogP contribution in [0, 0.1) is 11.8 Å². The van der Waals surface area contributed by atoms with Gasteiger partial charge >= 0.3 is 5.97 Å². The zero-order valence-electron chi connectivity index (χ0n) is 9.14. The van der Waals surface area contributed by atoms with Crippen molar-refractivity contribution < 1.29 is 9.53 Å². The minimum absolute atomic E-state index is 0.0416. The van der Waals surface area contributed by atoms with Gasteiger partial charge in [-0.1, -0.05) is 44.2 Å². The van der Waals surface area contributed by atoms with Crippen LogP contribution in [-0.4, -0.2) is 5.97 Å². The van der Waals surface area contributed by atoms with Gasteiger partial charge in [-0.2, -0.15) is 0 Å². The summed E-state index contributed by atoms with van der Waals surface area (Å²) in [7, 11) is 0. The van der Waals surface area contributed by atoms with E-state index in [0.29, 0.717) is 5.92 Å². The molecule has 0 aromatic heterocycles. The van der Waals surface area contributed by atoms with Crippen molar-refractivity contribution >= 4 is 5.97 Å². The van der Waals surface area contributed by atoms with Crippen molar-refractivity contribution in [3.63, 3.8) is 0 Å². The minimum atomic E-state index is -0.0676. The molecule has 0 spiro atoms. The standard InChI is InChI=1S/C13H16O2/c1-9-8-10(2)13(14)15-12(9)11-6-4-3-5-7-11/h3-7,9-10,12H,8H2,1-2H3/t9-,10+,12-/m1/s1. The molecule has 1 aliphatic heterocycles. The Morgan fingerprint density at radius 1 is 1.20 bits per heavy atom. The maximum Gasteiger partial charge on any atom is 0.309 e. The zero-order valence-corrected chi connectivity index (χ0v) is 9.14. The van der Waals surface area contributed by atoms with Crippen molar-refractivity contribution in [2.45, 2.75) is 26.4 Å². The smallest absolute Gasteiger partial charge is 0.309 e. The molecule has 1 saturated heterocycles. The number of carbonyl (C=O) groups is 1. The van der Waals surface area contributed by atoms with Crippen LogP contribution in [0.15, 0.2) is 30.3 Å². The van der Waals surface area contributed by atoms with Crippen LogP contribution in [0.3, 0.4) is 0 Å². The third-order valence-electron chi connectivity index (χ3n) is 3.02. The quantitative estimate of drug-likeness (QED) is 0.657. The molecule has 2 nitrogen and oxygen atoms in total. The average molecular weight is 204 g/mol. The lowest BCUT2D eigenvalue weighted by Crippen LogP contribution is -2.30. The fourth-order valence-electron chi connectivity index (χ4n) is 2.17. The number of cyclic esters (lactones) is 1. The maximum absolute atomic E-state index is 11.5. The van der Waals surface area contributed by atoms with Crippen LogP contribution in [0.1, 0.15) is 31.9 Å². The molecule has 0 aliphatic carbocycles. The van der Waals surface area contributed by atoms with Gasteiger partial charge < -0.3 is 4.74 Å². The van der Waals surface area contributed by atoms with Crippen LogP contribution >= 0.6 is 0 Å². The Bertz CT molecular complexity index is 345. The number of esters is 1. The monoisotopic (exact) mass is 204 g/mol. The number of benzene rings is 1. The van der Waals surface area contributed by atoms with Crippen LogP contribution in [0.5, 0.6) is 0 Å². The summed E-state index contributed by atoms with van der Waals surface area (Å²) in [5.74, 6) is 0.377. The molecule has 0 unspecified atom stereocenters. The van der Waals surface area contributed by atoms with Crippen LogP contribution in [0.25, 0.3) is 0 Å². The number of hydrogen-bond donors (Lipinski definition) is 0. The summed E-state index contributed by atoms with van der Waals surface area (Å²) in [5, 5.41) is 0. The SMILES string of the molecule is C[C@@H]1C[C@H](C)C(=O)O[C@H]1c1ccccc1. The molecule has 0 bridgehead atoms. The van der Waals surface area contributed by atoms with E-state index in [1.807, 2.05) is 37.3 Å². The molecule has 1 heterocycles. The second-order valence-corrected chi connectivity index (χ2v) is 4.38. The predicted octanol–water partition coefficient (Wildman–Crippen LogP) is 2.95. The highest BCUT2D eigenvalue weighted by atomic mass is 16.5. The van der Waals surface area contributed by atoms with Gasteiger partial charge in [-0.25, -0.2) is 0 Å². The molecule has 0 amide bonds. The molecule has 1 fully saturated rings. The predicted molar refractivity (Wildman–Crippen MR) is 58.2 cm³/mol. The molecular weight excluding hydrogens is 188 g/mol. The average Bonchev–Trinajstić information content (AvgIpc) is 2.25. The molecule has 0 saturated carbocycles. The van der Waals surface area contributed by atoms with E-state index in [4.69, 9.17) is 4.74 Å². The first-order chi connectivity index (χ1) is 7.18. The molecule has 80 valence electrons. The van der Waals surface area contributed by atoms with E-state index in [0.717, 1.165) is 12.0 Å². The highest BCUT2D eigenvalue weighted by Gasteiger charge is 2.33. The summed E-state index contributed by atoms with van der Waals surface area (Å²) in [5.41, 5.74) is 1.10. The molecular formula is C13H16O2. The lowest BCUT2D eigenvalue weighted by Gasteiger charge is -2.32. The molecule has 0 N–H and O–H groups in total. The molecule has 1 aliphatic rings. The largest absolute Gasteiger partial charge is 0.457 e. The Balaban J connectivity index is 2.20. The Hall–Kier alpha value is -1.31. The van der Waals surface area contributed by atoms with Crippen LogP contribution in [-0.2, 0) is 9.53 Å². The molecule has 2 heteroatoms. The van der Waals surface area contributed by atoms with Gasteiger partial charge in [-0.05, 0) is 17.9 Å². The fourth-order valence-corrected chi connectivity index (χ4v) is 2.17. The van der Waals surface area contributed by atoms with Gasteiger partial charge in [-0.3, -0.25) is 4.79 Å². The summed E-state index contributed by atoms with van der Waals surface area (Å²) in [6.07, 6.45) is 0.855. The topological polar surface area (TPSA) is 26.3 Å². The molecule has 3 atom stereocenters. The number of hydrogen-bond acceptors (Lipinski definition) is 2. The van der Waals surface area contributed by atoms with Crippen molar-refractivity contribution in [3.8, 4) is 0 Å². The van der Waals surface area contributed by atoms with Gasteiger partial charge in [0, 0.05) is 0 Å².